The van der Waals surface area contributed by atoms with Crippen LogP contribution in [0.4, 0.5) is 0 Å². The molecule has 0 bridgehead atoms. The van der Waals surface area contributed by atoms with E-state index in [-0.39, 0.29) is 83.6 Å². The zero-order valence-corrected chi connectivity index (χ0v) is 41.7. The van der Waals surface area contributed by atoms with Crippen LogP contribution in [0.5, 0.6) is 0 Å². The van der Waals surface area contributed by atoms with Gasteiger partial charge in [0.2, 0.25) is 53.2 Å². The second-order valence-corrected chi connectivity index (χ2v) is 17.8. The maximum Gasteiger partial charge on any atom is 0.245 e. The van der Waals surface area contributed by atoms with Crippen molar-refractivity contribution in [2.24, 2.45) is 28.9 Å². The Morgan fingerprint density at radius 2 is 1.13 bits per heavy atom. The summed E-state index contributed by atoms with van der Waals surface area (Å²) in [6.45, 7) is 5.35. The lowest BCUT2D eigenvalue weighted by Crippen LogP contribution is -2.61. The number of carbonyl (C=O) groups excluding carboxylic acids is 9. The van der Waals surface area contributed by atoms with Crippen molar-refractivity contribution in [2.45, 2.75) is 139 Å². The van der Waals surface area contributed by atoms with Gasteiger partial charge in [0.25, 0.3) is 0 Å². The summed E-state index contributed by atoms with van der Waals surface area (Å²) in [5.41, 5.74) is 23.9. The third kappa shape index (κ3) is 20.4. The van der Waals surface area contributed by atoms with Crippen molar-refractivity contribution in [3.8, 4) is 0 Å². The Morgan fingerprint density at radius 1 is 0.652 bits per heavy atom. The van der Waals surface area contributed by atoms with E-state index in [1.165, 1.54) is 13.8 Å². The van der Waals surface area contributed by atoms with Crippen molar-refractivity contribution < 1.29 is 53.4 Å². The van der Waals surface area contributed by atoms with Crippen molar-refractivity contribution in [2.75, 3.05) is 32.7 Å². The van der Waals surface area contributed by atoms with E-state index in [1.54, 1.807) is 67.0 Å². The van der Waals surface area contributed by atoms with E-state index in [4.69, 9.17) is 22.9 Å². The number of carbonyl (C=O) groups is 9. The van der Waals surface area contributed by atoms with Gasteiger partial charge in [-0.25, -0.2) is 3.53 Å². The average Bonchev–Trinajstić information content (AvgIpc) is 3.28. The summed E-state index contributed by atoms with van der Waals surface area (Å²) in [5.74, 6) is -7.92. The molecule has 25 nitrogen and oxygen atoms in total. The highest BCUT2D eigenvalue weighted by Gasteiger charge is 2.36. The van der Waals surface area contributed by atoms with E-state index < -0.39 is 120 Å². The molecule has 0 aliphatic carbocycles. The topological polar surface area (TPSA) is 418 Å². The van der Waals surface area contributed by atoms with Crippen LogP contribution in [0.25, 0.3) is 0 Å². The minimum atomic E-state index is -1.63. The standard InChI is InChI=1S/C43H73IN14O11/c1-22(2)20-31-40(66)52-26(10-15-45)35(61)51-29(13-18-48)39(65)57-33(23(3)59)42(68)49-19-14-30(53-36(62)28(12-17-47)54-43(69)34(58-44)24(4)60)38(64)50-27(11-16-46)37(63)56-32(41(67)55-31)21-25-8-6-5-7-9-25/h5-9,22-24,26-34,58-60H,10-21,45-48H2,1-4H3,(H,49,68)(H,50,64)(H,51,61)(H,52,66)(H,53,62)(H,54,69)(H,55,67)(H,56,63)(H,57,65)/t23?,24-,26+,27+,28+,29+,30+,31+,32-,33+,34+/m1/s1. The molecule has 388 valence electrons. The number of rotatable bonds is 19. The fraction of sp³-hybridized carbons (Fsp3) is 0.651. The lowest BCUT2D eigenvalue weighted by molar-refractivity contribution is -0.136. The Kier molecular flexibility index (Phi) is 27.1. The first-order valence-electron chi connectivity index (χ1n) is 23.0. The first-order valence-corrected chi connectivity index (χ1v) is 24.1. The molecule has 1 unspecified atom stereocenters. The molecule has 0 radical (unpaired) electrons. The molecule has 9 amide bonds. The van der Waals surface area contributed by atoms with Crippen LogP contribution in [0.1, 0.15) is 71.8 Å². The van der Waals surface area contributed by atoms with E-state index in [0.717, 1.165) is 0 Å². The summed E-state index contributed by atoms with van der Waals surface area (Å²) in [6, 6.07) is -3.75. The average molecular weight is 1090 g/mol. The Bertz CT molecular complexity index is 1860. The summed E-state index contributed by atoms with van der Waals surface area (Å²) in [7, 11) is 0. The van der Waals surface area contributed by atoms with Gasteiger partial charge in [-0.15, -0.1) is 0 Å². The summed E-state index contributed by atoms with van der Waals surface area (Å²) in [5, 5.41) is 43.9. The third-order valence-electron chi connectivity index (χ3n) is 10.9. The second kappa shape index (κ2) is 31.2. The lowest BCUT2D eigenvalue weighted by Gasteiger charge is -2.28. The van der Waals surface area contributed by atoms with Crippen LogP contribution in [-0.2, 0) is 49.6 Å². The Labute approximate surface area is 415 Å². The third-order valence-corrected chi connectivity index (χ3v) is 11.6. The molecule has 1 aromatic rings. The van der Waals surface area contributed by atoms with Crippen LogP contribution < -0.4 is 74.3 Å². The van der Waals surface area contributed by atoms with Crippen LogP contribution in [0, 0.1) is 5.92 Å². The first-order chi connectivity index (χ1) is 32.7. The zero-order chi connectivity index (χ0) is 51.8. The highest BCUT2D eigenvalue weighted by atomic mass is 127. The highest BCUT2D eigenvalue weighted by Crippen LogP contribution is 2.11. The molecular formula is C43H73IN14O11. The molecule has 69 heavy (non-hydrogen) atoms. The smallest absolute Gasteiger partial charge is 0.245 e. The Morgan fingerprint density at radius 3 is 1.61 bits per heavy atom. The van der Waals surface area contributed by atoms with Crippen molar-refractivity contribution >= 4 is 76.0 Å². The number of hydrogen-bond donors (Lipinski definition) is 16. The van der Waals surface area contributed by atoms with Crippen molar-refractivity contribution in [1.29, 1.82) is 0 Å². The van der Waals surface area contributed by atoms with Gasteiger partial charge in [0.15, 0.2) is 0 Å². The highest BCUT2D eigenvalue weighted by molar-refractivity contribution is 14.1. The molecule has 0 aromatic heterocycles. The predicted molar refractivity (Wildman–Crippen MR) is 262 cm³/mol. The maximum absolute atomic E-state index is 14.3. The lowest BCUT2D eigenvalue weighted by atomic mass is 10.00. The largest absolute Gasteiger partial charge is 0.391 e. The van der Waals surface area contributed by atoms with Gasteiger partial charge in [0, 0.05) is 35.8 Å². The van der Waals surface area contributed by atoms with E-state index in [1.807, 2.05) is 0 Å². The van der Waals surface area contributed by atoms with Gasteiger partial charge in [0.1, 0.15) is 54.4 Å². The van der Waals surface area contributed by atoms with Crippen molar-refractivity contribution in [3.05, 3.63) is 35.9 Å². The van der Waals surface area contributed by atoms with Gasteiger partial charge in [-0.05, 0) is 90.0 Å². The summed E-state index contributed by atoms with van der Waals surface area (Å²) in [4.78, 5) is 125. The van der Waals surface area contributed by atoms with Gasteiger partial charge in [-0.3, -0.25) is 43.2 Å². The first kappa shape index (κ1) is 60.0. The molecule has 1 aromatic carbocycles. The fourth-order valence-electron chi connectivity index (χ4n) is 7.14. The molecule has 0 saturated carbocycles. The second-order valence-electron chi connectivity index (χ2n) is 17.2. The molecule has 11 atom stereocenters. The zero-order valence-electron chi connectivity index (χ0n) is 39.6. The van der Waals surface area contributed by atoms with Crippen LogP contribution in [0.15, 0.2) is 30.3 Å². The number of benzene rings is 1. The number of nitrogens with two attached hydrogens (primary N) is 4. The molecule has 1 saturated heterocycles. The summed E-state index contributed by atoms with van der Waals surface area (Å²) >= 11 is 1.67. The van der Waals surface area contributed by atoms with Gasteiger partial charge in [0.05, 0.1) is 12.2 Å². The number of amides is 9. The van der Waals surface area contributed by atoms with Crippen LogP contribution in [0.3, 0.4) is 0 Å². The van der Waals surface area contributed by atoms with Gasteiger partial charge in [-0.1, -0.05) is 44.2 Å². The fourth-order valence-corrected chi connectivity index (χ4v) is 7.94. The Balaban J connectivity index is 2.74. The molecule has 1 aliphatic rings. The van der Waals surface area contributed by atoms with Gasteiger partial charge >= 0.3 is 0 Å². The Hall–Kier alpha value is -5.10. The normalized spacial score (nSPS) is 24.7. The molecule has 1 heterocycles. The molecule has 0 spiro atoms. The van der Waals surface area contributed by atoms with Gasteiger partial charge in [-0.2, -0.15) is 0 Å². The maximum atomic E-state index is 14.3. The molecule has 20 N–H and O–H groups in total. The molecule has 26 heteroatoms. The van der Waals surface area contributed by atoms with Crippen LogP contribution in [-0.4, -0.2) is 163 Å². The van der Waals surface area contributed by atoms with E-state index in [2.05, 4.69) is 51.4 Å². The molecule has 1 aliphatic heterocycles. The summed E-state index contributed by atoms with van der Waals surface area (Å²) < 4.78 is 2.62. The quantitative estimate of drug-likeness (QED) is 0.0453. The van der Waals surface area contributed by atoms with Crippen molar-refractivity contribution in [3.63, 3.8) is 0 Å². The minimum Gasteiger partial charge on any atom is -0.391 e. The number of aliphatic hydroxyl groups is 2. The predicted octanol–water partition coefficient (Wildman–Crippen LogP) is -5.86. The van der Waals surface area contributed by atoms with Crippen molar-refractivity contribution in [1.82, 2.24) is 51.4 Å². The number of nitrogens with one attached hydrogen (secondary N) is 10. The monoisotopic (exact) mass is 1090 g/mol. The number of halogens is 1. The van der Waals surface area contributed by atoms with Crippen LogP contribution in [0.2, 0.25) is 0 Å². The summed E-state index contributed by atoms with van der Waals surface area (Å²) in [6.07, 6.45) is -3.60. The van der Waals surface area contributed by atoms with E-state index >= 15 is 0 Å². The molecule has 1 fully saturated rings. The van der Waals surface area contributed by atoms with Crippen LogP contribution >= 0.6 is 22.9 Å². The molecular weight excluding hydrogens is 1020 g/mol. The number of aliphatic hydroxyl groups excluding tert-OH is 2. The number of hydrogen-bond acceptors (Lipinski definition) is 16. The van der Waals surface area contributed by atoms with Gasteiger partial charge < -0.3 is 81.0 Å². The van der Waals surface area contributed by atoms with E-state index in [0.29, 0.717) is 5.56 Å². The van der Waals surface area contributed by atoms with E-state index in [9.17, 15) is 53.4 Å². The minimum absolute atomic E-state index is 0.0760. The molecule has 2 rings (SSSR count). The SMILES string of the molecule is CC(C)C[C@@H]1NC(=O)[C@@H](Cc2ccccc2)NC(=O)[C@H](CCN)NC(=O)[C@@H](NC(=O)[C@H](CCN)NC(=O)[C@@H](NI)[C@@H](C)O)CCNC(=O)[C@H](C(C)O)NC(=O)[C@H](CCN)NC(=O)[C@H](CCN)NC1=O.